The van der Waals surface area contributed by atoms with E-state index in [0.717, 1.165) is 6.07 Å². The summed E-state index contributed by atoms with van der Waals surface area (Å²) < 4.78 is 90.8. The number of carbonyl (C=O) groups is 1. The molecule has 0 radical (unpaired) electrons. The van der Waals surface area contributed by atoms with Crippen LogP contribution in [0.4, 0.5) is 31.7 Å². The number of carboxylic acid groups (broad SMARTS) is 1. The molecule has 25 heteroatoms. The van der Waals surface area contributed by atoms with Crippen molar-refractivity contribution in [3.05, 3.63) is 82.8 Å². The fourth-order valence-corrected chi connectivity index (χ4v) is 6.47. The van der Waals surface area contributed by atoms with Gasteiger partial charge in [-0.1, -0.05) is 16.6 Å². The molecular formula is C26H19Cl2F2N7O11S3. The molecule has 0 saturated heterocycles. The number of amidine groups is 1. The second kappa shape index (κ2) is 16.6. The van der Waals surface area contributed by atoms with Gasteiger partial charge >= 0.3 is 12.0 Å². The normalized spacial score (nSPS) is 12.3. The maximum absolute atomic E-state index is 13.9. The first-order valence-corrected chi connectivity index (χ1v) is 18.0. The van der Waals surface area contributed by atoms with Crippen molar-refractivity contribution in [1.82, 2.24) is 9.97 Å². The quantitative estimate of drug-likeness (QED) is 0.00750. The molecular weight excluding hydrogens is 791 g/mol. The number of aromatic hydroxyl groups is 1. The van der Waals surface area contributed by atoms with Crippen LogP contribution in [0.2, 0.25) is 5.02 Å². The van der Waals surface area contributed by atoms with E-state index in [2.05, 4.69) is 45.4 Å². The molecule has 4 rings (SSSR count). The summed E-state index contributed by atoms with van der Waals surface area (Å²) in [6.07, 6.45) is -1.58. The van der Waals surface area contributed by atoms with Crippen LogP contribution in [-0.4, -0.2) is 70.3 Å². The number of anilines is 3. The third kappa shape index (κ3) is 10.0. The summed E-state index contributed by atoms with van der Waals surface area (Å²) in [5, 5.41) is 45.7. The van der Waals surface area contributed by atoms with Gasteiger partial charge in [0.2, 0.25) is 11.8 Å². The number of aromatic nitrogens is 2. The molecule has 1 aromatic heterocycles. The van der Waals surface area contributed by atoms with Crippen LogP contribution in [0.3, 0.4) is 0 Å². The zero-order valence-corrected chi connectivity index (χ0v) is 28.7. The van der Waals surface area contributed by atoms with E-state index in [4.69, 9.17) is 28.5 Å². The van der Waals surface area contributed by atoms with Gasteiger partial charge in [-0.15, -0.1) is 26.2 Å². The van der Waals surface area contributed by atoms with Crippen LogP contribution in [0.5, 0.6) is 5.75 Å². The summed E-state index contributed by atoms with van der Waals surface area (Å²) in [5.74, 6) is -5.59. The molecule has 0 bridgehead atoms. The number of sulfone groups is 1. The first-order valence-electron chi connectivity index (χ1n) is 13.2. The number of nitrogens with zero attached hydrogens (tertiary/aromatic N) is 5. The topological polar surface area (TPSA) is 272 Å². The minimum absolute atomic E-state index is 0.0259. The average Bonchev–Trinajstić information content (AvgIpc) is 3.06. The molecule has 1 heterocycles. The van der Waals surface area contributed by atoms with E-state index < -0.39 is 76.6 Å². The van der Waals surface area contributed by atoms with Gasteiger partial charge in [-0.25, -0.2) is 18.5 Å². The molecule has 0 fully saturated rings. The van der Waals surface area contributed by atoms with Gasteiger partial charge < -0.3 is 15.5 Å². The van der Waals surface area contributed by atoms with Gasteiger partial charge in [0.1, 0.15) is 10.7 Å². The molecule has 270 valence electrons. The molecule has 3 aromatic carbocycles. The van der Waals surface area contributed by atoms with Crippen LogP contribution < -0.4 is 10.7 Å². The number of aromatic carboxylic acids is 1. The van der Waals surface area contributed by atoms with Crippen molar-refractivity contribution in [2.24, 2.45) is 15.3 Å². The maximum atomic E-state index is 13.9. The van der Waals surface area contributed by atoms with Crippen molar-refractivity contribution < 1.29 is 59.8 Å². The Balaban J connectivity index is 1.85. The Bertz CT molecular complexity index is 2250. The van der Waals surface area contributed by atoms with Gasteiger partial charge in [-0.05, 0) is 54.6 Å². The number of rotatable bonds is 14. The van der Waals surface area contributed by atoms with E-state index >= 15 is 0 Å². The molecule has 0 spiro atoms. The number of hydrazone groups is 1. The SMILES string of the molecule is O=C(O)c1ccc(SOOO)cc1N/N=C(\N=Nc1cc(S(=O)(=O)O)cc(Nc2nc(F)nc(F)c2Cl)c1O)c1ccc(S(=O)(=O)CCCl)cc1. The van der Waals surface area contributed by atoms with Crippen molar-refractivity contribution >= 4 is 89.9 Å². The average molecular weight is 811 g/mol. The minimum Gasteiger partial charge on any atom is -0.504 e. The van der Waals surface area contributed by atoms with Crippen molar-refractivity contribution in [1.29, 1.82) is 0 Å². The van der Waals surface area contributed by atoms with E-state index in [1.807, 2.05) is 0 Å². The number of azo groups is 1. The fourth-order valence-electron chi connectivity index (χ4n) is 3.82. The largest absolute Gasteiger partial charge is 0.504 e. The Morgan fingerprint density at radius 3 is 2.33 bits per heavy atom. The van der Waals surface area contributed by atoms with Crippen LogP contribution in [0, 0.1) is 12.0 Å². The van der Waals surface area contributed by atoms with Gasteiger partial charge in [-0.2, -0.15) is 32.3 Å². The highest BCUT2D eigenvalue weighted by atomic mass is 35.5. The number of alkyl halides is 1. The lowest BCUT2D eigenvalue weighted by Gasteiger charge is -2.12. The number of benzene rings is 3. The number of nitrogens with one attached hydrogen (secondary N) is 2. The van der Waals surface area contributed by atoms with E-state index in [1.54, 1.807) is 0 Å². The van der Waals surface area contributed by atoms with Crippen molar-refractivity contribution in [3.8, 4) is 5.75 Å². The minimum atomic E-state index is -5.04. The molecule has 0 unspecified atom stereocenters. The molecule has 0 amide bonds. The highest BCUT2D eigenvalue weighted by molar-refractivity contribution is 7.94. The van der Waals surface area contributed by atoms with Crippen molar-refractivity contribution in [2.45, 2.75) is 14.7 Å². The first-order chi connectivity index (χ1) is 24.0. The second-order valence-corrected chi connectivity index (χ2v) is 14.5. The Hall–Kier alpha value is -4.59. The van der Waals surface area contributed by atoms with Gasteiger partial charge in [0.25, 0.3) is 10.1 Å². The molecule has 51 heavy (non-hydrogen) atoms. The summed E-state index contributed by atoms with van der Waals surface area (Å²) in [4.78, 5) is 17.1. The van der Waals surface area contributed by atoms with Crippen LogP contribution in [0.25, 0.3) is 0 Å². The number of phenols is 1. The number of carboxylic acids is 1. The van der Waals surface area contributed by atoms with Crippen molar-refractivity contribution in [3.63, 3.8) is 0 Å². The highest BCUT2D eigenvalue weighted by Crippen LogP contribution is 2.40. The highest BCUT2D eigenvalue weighted by Gasteiger charge is 2.21. The Morgan fingerprint density at radius 1 is 1.00 bits per heavy atom. The predicted octanol–water partition coefficient (Wildman–Crippen LogP) is 5.80. The van der Waals surface area contributed by atoms with Gasteiger partial charge in [-0.3, -0.25) is 9.98 Å². The van der Waals surface area contributed by atoms with Crippen molar-refractivity contribution in [2.75, 3.05) is 22.4 Å². The smallest absolute Gasteiger partial charge is 0.337 e. The van der Waals surface area contributed by atoms with Gasteiger partial charge in [0, 0.05) is 16.3 Å². The van der Waals surface area contributed by atoms with E-state index in [1.165, 1.54) is 36.4 Å². The zero-order valence-electron chi connectivity index (χ0n) is 24.7. The summed E-state index contributed by atoms with van der Waals surface area (Å²) >= 11 is 11.8. The zero-order chi connectivity index (χ0) is 37.5. The third-order valence-corrected chi connectivity index (χ3v) is 10.0. The number of phenolic OH excluding ortho intramolecular Hbond substituents is 1. The first kappa shape index (κ1) is 39.2. The predicted molar refractivity (Wildman–Crippen MR) is 176 cm³/mol. The third-order valence-electron chi connectivity index (χ3n) is 6.13. The molecule has 0 aliphatic heterocycles. The van der Waals surface area contributed by atoms with E-state index in [9.17, 15) is 45.2 Å². The molecule has 6 N–H and O–H groups in total. The van der Waals surface area contributed by atoms with Crippen LogP contribution in [0.1, 0.15) is 15.9 Å². The Kier molecular flexibility index (Phi) is 12.8. The van der Waals surface area contributed by atoms with Crippen LogP contribution >= 0.6 is 35.2 Å². The van der Waals surface area contributed by atoms with E-state index in [-0.39, 0.29) is 38.2 Å². The summed E-state index contributed by atoms with van der Waals surface area (Å²) in [6.45, 7) is 0. The lowest BCUT2D eigenvalue weighted by atomic mass is 10.2. The molecule has 0 saturated carbocycles. The molecule has 4 aromatic rings. The summed E-state index contributed by atoms with van der Waals surface area (Å²) in [5.41, 5.74) is 0.651. The molecule has 0 aliphatic carbocycles. The van der Waals surface area contributed by atoms with Gasteiger partial charge in [0.05, 0.1) is 44.5 Å². The summed E-state index contributed by atoms with van der Waals surface area (Å²) in [6, 6.07) is 9.80. The second-order valence-electron chi connectivity index (χ2n) is 9.40. The standard InChI is InChI=1S/C26H19Cl2F2N7O11S3/c27-7-8-50(42,43)14-4-1-12(2-5-14)23(36-34-17-9-13(49-48-47-41)3-6-16(17)25(39)40)37-35-19-11-15(51(44,45)46)10-18(21(19)38)31-24-20(28)22(29)32-26(30)33-24/h1-6,9-11,34,38,41H,7-8H2,(H,39,40)(H,31,32,33)(H,44,45,46)/b36-23-,37-35?. The van der Waals surface area contributed by atoms with Crippen LogP contribution in [0.15, 0.2) is 84.6 Å². The molecule has 0 atom stereocenters. The Labute approximate surface area is 299 Å². The Morgan fingerprint density at radius 2 is 1.71 bits per heavy atom. The van der Waals surface area contributed by atoms with E-state index in [0.29, 0.717) is 24.2 Å². The summed E-state index contributed by atoms with van der Waals surface area (Å²) in [7, 11) is -8.82. The lowest BCUT2D eigenvalue weighted by molar-refractivity contribution is -0.432. The monoisotopic (exact) mass is 809 g/mol. The number of hydrogen-bond donors (Lipinski definition) is 6. The molecule has 0 aliphatic rings. The maximum Gasteiger partial charge on any atom is 0.337 e. The number of halogens is 4. The molecule has 18 nitrogen and oxygen atoms in total. The van der Waals surface area contributed by atoms with Gasteiger partial charge in [0.15, 0.2) is 21.4 Å². The lowest BCUT2D eigenvalue weighted by Crippen LogP contribution is -2.09. The number of hydrogen-bond acceptors (Lipinski definition) is 16. The fraction of sp³-hybridized carbons (Fsp3) is 0.0769. The van der Waals surface area contributed by atoms with Crippen LogP contribution in [-0.2, 0) is 29.3 Å².